The van der Waals surface area contributed by atoms with Crippen molar-refractivity contribution in [3.05, 3.63) is 76.3 Å². The summed E-state index contributed by atoms with van der Waals surface area (Å²) in [5, 5.41) is 4.11. The van der Waals surface area contributed by atoms with E-state index in [9.17, 15) is 14.4 Å². The summed E-state index contributed by atoms with van der Waals surface area (Å²) < 4.78 is 12.7. The first-order chi connectivity index (χ1) is 20.3. The van der Waals surface area contributed by atoms with Gasteiger partial charge >= 0.3 is 11.9 Å². The van der Waals surface area contributed by atoms with E-state index in [1.165, 1.54) is 13.8 Å². The molecular weight excluding hydrogens is 587 g/mol. The number of benzene rings is 2. The zero-order valence-electron chi connectivity index (χ0n) is 25.6. The second kappa shape index (κ2) is 13.4. The molecule has 1 saturated heterocycles. The maximum Gasteiger partial charge on any atom is 0.308 e. The molecule has 232 valence electrons. The number of piperidine rings is 1. The molecule has 1 saturated carbocycles. The number of quaternary nitrogens is 1. The molecule has 1 amide bonds. The Morgan fingerprint density at radius 3 is 2.51 bits per heavy atom. The number of nitrogens with zero attached hydrogens (tertiary/aromatic N) is 1. The molecule has 0 spiro atoms. The van der Waals surface area contributed by atoms with Crippen molar-refractivity contribution >= 4 is 41.0 Å². The van der Waals surface area contributed by atoms with Crippen molar-refractivity contribution in [1.82, 2.24) is 5.32 Å². The minimum atomic E-state index is -0.825. The zero-order chi connectivity index (χ0) is 31.4. The number of hydrogen-bond donors (Lipinski definition) is 1. The fraction of sp³-hybridized carbons (Fsp3) is 0.500. The molecule has 2 fully saturated rings. The molecule has 4 rings (SSSR count). The smallest absolute Gasteiger partial charge is 0.308 e. The Morgan fingerprint density at radius 2 is 1.86 bits per heavy atom. The molecule has 2 aromatic rings. The van der Waals surface area contributed by atoms with E-state index in [4.69, 9.17) is 32.7 Å². The van der Waals surface area contributed by atoms with E-state index in [0.29, 0.717) is 47.5 Å². The molecule has 43 heavy (non-hydrogen) atoms. The number of ether oxygens (including phenoxy) is 2. The number of halogens is 2. The molecule has 2 aliphatic rings. The molecule has 0 bridgehead atoms. The minimum Gasteiger partial charge on any atom is -0.452 e. The van der Waals surface area contributed by atoms with Gasteiger partial charge in [-0.25, -0.2) is 0 Å². The molecule has 4 atom stereocenters. The molecule has 9 heteroatoms. The van der Waals surface area contributed by atoms with Crippen LogP contribution in [-0.2, 0) is 31.0 Å². The number of nitrogens with one attached hydrogen (secondary N) is 1. The summed E-state index contributed by atoms with van der Waals surface area (Å²) in [6, 6.07) is 12.6. The Balaban J connectivity index is 1.74. The lowest BCUT2D eigenvalue weighted by atomic mass is 9.54. The quantitative estimate of drug-likeness (QED) is 0.142. The van der Waals surface area contributed by atoms with Crippen LogP contribution in [0.4, 0.5) is 0 Å². The van der Waals surface area contributed by atoms with Crippen LogP contribution in [-0.4, -0.2) is 60.2 Å². The molecule has 0 radical (unpaired) electrons. The van der Waals surface area contributed by atoms with Gasteiger partial charge in [-0.3, -0.25) is 14.4 Å². The second-order valence-corrected chi connectivity index (χ2v) is 13.6. The van der Waals surface area contributed by atoms with Crippen molar-refractivity contribution in [3.63, 3.8) is 0 Å². The Labute approximate surface area is 265 Å². The van der Waals surface area contributed by atoms with E-state index in [1.54, 1.807) is 24.3 Å². The fourth-order valence-corrected chi connectivity index (χ4v) is 7.96. The van der Waals surface area contributed by atoms with Gasteiger partial charge in [0.05, 0.1) is 36.1 Å². The maximum absolute atomic E-state index is 13.3. The van der Waals surface area contributed by atoms with Crippen LogP contribution >= 0.6 is 23.2 Å². The predicted molar refractivity (Wildman–Crippen MR) is 169 cm³/mol. The van der Waals surface area contributed by atoms with E-state index in [0.717, 1.165) is 41.7 Å². The highest BCUT2D eigenvalue weighted by molar-refractivity contribution is 6.42. The van der Waals surface area contributed by atoms with Gasteiger partial charge < -0.3 is 19.3 Å². The fourth-order valence-electron chi connectivity index (χ4n) is 7.64. The van der Waals surface area contributed by atoms with Crippen molar-refractivity contribution in [3.8, 4) is 5.75 Å². The monoisotopic (exact) mass is 629 g/mol. The van der Waals surface area contributed by atoms with Gasteiger partial charge in [-0.05, 0) is 60.7 Å². The minimum absolute atomic E-state index is 0.111. The van der Waals surface area contributed by atoms with Crippen molar-refractivity contribution in [2.75, 3.05) is 26.2 Å². The van der Waals surface area contributed by atoms with E-state index in [1.807, 2.05) is 24.3 Å². The molecule has 7 nitrogen and oxygen atoms in total. The number of fused-ring (bicyclic) bond motifs is 1. The first kappa shape index (κ1) is 33.0. The number of amides is 1. The molecule has 0 aromatic heterocycles. The summed E-state index contributed by atoms with van der Waals surface area (Å²) in [7, 11) is 0. The highest BCUT2D eigenvalue weighted by Gasteiger charge is 2.65. The molecular formula is C34H43Cl2N2O5+. The summed E-state index contributed by atoms with van der Waals surface area (Å²) in [5.74, 6) is 0.0391. The van der Waals surface area contributed by atoms with E-state index in [-0.39, 0.29) is 24.3 Å². The van der Waals surface area contributed by atoms with Crippen molar-refractivity contribution in [1.29, 1.82) is 0 Å². The normalized spacial score (nSPS) is 26.7. The second-order valence-electron chi connectivity index (χ2n) is 12.7. The van der Waals surface area contributed by atoms with Gasteiger partial charge in [0.15, 0.2) is 5.60 Å². The Hall–Kier alpha value is -2.87. The van der Waals surface area contributed by atoms with E-state index < -0.39 is 17.0 Å². The predicted octanol–water partition coefficient (Wildman–Crippen LogP) is 6.43. The molecule has 1 aliphatic heterocycles. The van der Waals surface area contributed by atoms with Crippen molar-refractivity contribution < 1.29 is 28.3 Å². The van der Waals surface area contributed by atoms with Gasteiger partial charge in [-0.15, -0.1) is 0 Å². The number of rotatable bonds is 10. The third-order valence-electron chi connectivity index (χ3n) is 8.94. The topological polar surface area (TPSA) is 81.7 Å². The van der Waals surface area contributed by atoms with Gasteiger partial charge in [0, 0.05) is 37.6 Å². The molecule has 1 heterocycles. The van der Waals surface area contributed by atoms with Crippen LogP contribution in [0.2, 0.25) is 10.0 Å². The van der Waals surface area contributed by atoms with E-state index in [2.05, 4.69) is 25.7 Å². The van der Waals surface area contributed by atoms with Crippen LogP contribution in [0, 0.1) is 5.92 Å². The summed E-state index contributed by atoms with van der Waals surface area (Å²) >= 11 is 12.2. The molecule has 1 unspecified atom stereocenters. The number of hydrogen-bond acceptors (Lipinski definition) is 5. The summed E-state index contributed by atoms with van der Waals surface area (Å²) in [4.78, 5) is 38.0. The zero-order valence-corrected chi connectivity index (χ0v) is 27.1. The average Bonchev–Trinajstić information content (AvgIpc) is 2.90. The molecule has 1 aliphatic carbocycles. The average molecular weight is 631 g/mol. The number of esters is 2. The van der Waals surface area contributed by atoms with Crippen LogP contribution in [0.1, 0.15) is 64.5 Å². The van der Waals surface area contributed by atoms with Crippen molar-refractivity contribution in [2.45, 2.75) is 76.9 Å². The van der Waals surface area contributed by atoms with Gasteiger partial charge in [-0.1, -0.05) is 61.8 Å². The Kier molecular flexibility index (Phi) is 10.3. The van der Waals surface area contributed by atoms with Crippen LogP contribution in [0.25, 0.3) is 0 Å². The van der Waals surface area contributed by atoms with Crippen molar-refractivity contribution in [2.24, 2.45) is 5.92 Å². The van der Waals surface area contributed by atoms with Crippen LogP contribution < -0.4 is 10.1 Å². The first-order valence-corrected chi connectivity index (χ1v) is 15.7. The lowest BCUT2D eigenvalue weighted by Crippen LogP contribution is -2.74. The Bertz CT molecular complexity index is 1380. The third kappa shape index (κ3) is 7.44. The molecule has 1 N–H and O–H groups in total. The first-order valence-electron chi connectivity index (χ1n) is 15.0. The van der Waals surface area contributed by atoms with Gasteiger partial charge in [0.1, 0.15) is 12.3 Å². The highest BCUT2D eigenvalue weighted by Crippen LogP contribution is 2.55. The standard InChI is InChI=1S/C34H42Cl2N2O5/c1-6-15-38(21-23(2)3)16-14-33(27-8-7-9-29(19-27)42-24(4)39)20-28(12-13-34(33,22-38)43-25(5)40)37-32(41)18-26-10-11-30(35)31(36)17-26/h6-11,17,19,23,28H,1,12-16,18,20-22H2,2-5H3/p+1/t28-,33+,34?,38-/m0/s1. The van der Waals surface area contributed by atoms with Crippen LogP contribution in [0.3, 0.4) is 0 Å². The number of likely N-dealkylation sites (tertiary alicyclic amines) is 1. The van der Waals surface area contributed by atoms with Gasteiger partial charge in [0.25, 0.3) is 0 Å². The van der Waals surface area contributed by atoms with Crippen LogP contribution in [0.15, 0.2) is 55.1 Å². The van der Waals surface area contributed by atoms with Gasteiger partial charge in [0.2, 0.25) is 5.91 Å². The SMILES string of the molecule is C=CC[N@@+]1(CC(C)C)CC[C@]2(c3cccc(OC(C)=O)c3)C[C@@H](NC(=O)Cc3ccc(Cl)c(Cl)c3)CCC2(OC(C)=O)C1. The largest absolute Gasteiger partial charge is 0.452 e. The van der Waals surface area contributed by atoms with Crippen LogP contribution in [0.5, 0.6) is 5.75 Å². The number of carbonyl (C=O) groups is 3. The maximum atomic E-state index is 13.3. The third-order valence-corrected chi connectivity index (χ3v) is 9.68. The number of carbonyl (C=O) groups excluding carboxylic acids is 3. The Morgan fingerprint density at radius 1 is 1.09 bits per heavy atom. The van der Waals surface area contributed by atoms with Gasteiger partial charge in [-0.2, -0.15) is 0 Å². The summed E-state index contributed by atoms with van der Waals surface area (Å²) in [6.07, 6.45) is 4.67. The summed E-state index contributed by atoms with van der Waals surface area (Å²) in [6.45, 7) is 14.5. The summed E-state index contributed by atoms with van der Waals surface area (Å²) in [5.41, 5.74) is 0.277. The lowest BCUT2D eigenvalue weighted by molar-refractivity contribution is -0.938. The highest BCUT2D eigenvalue weighted by atomic mass is 35.5. The molecule has 2 aromatic carbocycles. The van der Waals surface area contributed by atoms with E-state index >= 15 is 0 Å². The lowest BCUT2D eigenvalue weighted by Gasteiger charge is -2.61.